The summed E-state index contributed by atoms with van der Waals surface area (Å²) in [6.45, 7) is 5.40. The third kappa shape index (κ3) is 5.37. The summed E-state index contributed by atoms with van der Waals surface area (Å²) in [7, 11) is 0. The highest BCUT2D eigenvalue weighted by atomic mass is 35.5. The lowest BCUT2D eigenvalue weighted by Gasteiger charge is -2.30. The third-order valence-corrected chi connectivity index (χ3v) is 5.24. The van der Waals surface area contributed by atoms with Crippen molar-refractivity contribution in [3.8, 4) is 5.75 Å². The van der Waals surface area contributed by atoms with Crippen molar-refractivity contribution in [3.63, 3.8) is 0 Å². The Balaban J connectivity index is 1.75. The lowest BCUT2D eigenvalue weighted by atomic mass is 10.1. The maximum atomic E-state index is 13.0. The van der Waals surface area contributed by atoms with Crippen LogP contribution in [0.25, 0.3) is 0 Å². The van der Waals surface area contributed by atoms with E-state index in [1.54, 1.807) is 24.3 Å². The Morgan fingerprint density at radius 2 is 2.07 bits per heavy atom. The molecule has 0 saturated carbocycles. The van der Waals surface area contributed by atoms with Gasteiger partial charge in [0, 0.05) is 29.8 Å². The second-order valence-corrected chi connectivity index (χ2v) is 7.35. The van der Waals surface area contributed by atoms with E-state index in [0.29, 0.717) is 29.8 Å². The summed E-state index contributed by atoms with van der Waals surface area (Å²) >= 11 is 6.03. The monoisotopic (exact) mass is 387 g/mol. The number of phenols is 1. The van der Waals surface area contributed by atoms with E-state index < -0.39 is 0 Å². The lowest BCUT2D eigenvalue weighted by Crippen LogP contribution is -2.44. The van der Waals surface area contributed by atoms with Crippen molar-refractivity contribution >= 4 is 23.3 Å². The number of phenolic OH excluding ortho intramolecular Hbond substituents is 1. The molecule has 1 atom stereocenters. The highest BCUT2D eigenvalue weighted by Crippen LogP contribution is 2.21. The molecule has 27 heavy (non-hydrogen) atoms. The van der Waals surface area contributed by atoms with Crippen LogP contribution in [0.15, 0.2) is 48.5 Å². The molecule has 0 aliphatic carbocycles. The van der Waals surface area contributed by atoms with Gasteiger partial charge in [0.2, 0.25) is 0 Å². The number of carbonyl (C=O) groups excluding carboxylic acids is 1. The van der Waals surface area contributed by atoms with Crippen LogP contribution in [-0.2, 0) is 6.54 Å². The Morgan fingerprint density at radius 1 is 1.30 bits per heavy atom. The number of likely N-dealkylation sites (N-methyl/N-ethyl adjacent to an activating group) is 1. The summed E-state index contributed by atoms with van der Waals surface area (Å²) < 4.78 is 0. The van der Waals surface area contributed by atoms with E-state index >= 15 is 0 Å². The quantitative estimate of drug-likeness (QED) is 0.763. The molecule has 0 radical (unpaired) electrons. The van der Waals surface area contributed by atoms with Crippen LogP contribution in [0.5, 0.6) is 5.75 Å². The Hall–Kier alpha value is -2.24. The number of aromatic hydroxyl groups is 1. The van der Waals surface area contributed by atoms with Crippen LogP contribution in [-0.4, -0.2) is 46.6 Å². The summed E-state index contributed by atoms with van der Waals surface area (Å²) in [6, 6.07) is 14.4. The minimum absolute atomic E-state index is 0.145. The Kier molecular flexibility index (Phi) is 6.58. The zero-order valence-electron chi connectivity index (χ0n) is 15.6. The maximum Gasteiger partial charge on any atom is 0.322 e. The molecular formula is C21H26ClN3O2. The van der Waals surface area contributed by atoms with Crippen LogP contribution >= 0.6 is 11.6 Å². The SMILES string of the molecule is CCN1CCCC1CN(Cc1ccc(O)cc1)C(=O)Nc1cccc(Cl)c1. The maximum absolute atomic E-state index is 13.0. The van der Waals surface area contributed by atoms with E-state index in [0.717, 1.165) is 25.1 Å². The van der Waals surface area contributed by atoms with Crippen molar-refractivity contribution in [2.75, 3.05) is 25.0 Å². The van der Waals surface area contributed by atoms with Gasteiger partial charge in [-0.15, -0.1) is 0 Å². The van der Waals surface area contributed by atoms with E-state index in [-0.39, 0.29) is 11.8 Å². The van der Waals surface area contributed by atoms with Gasteiger partial charge in [-0.05, 0) is 61.8 Å². The number of likely N-dealkylation sites (tertiary alicyclic amines) is 1. The number of carbonyl (C=O) groups is 1. The first-order valence-corrected chi connectivity index (χ1v) is 9.76. The van der Waals surface area contributed by atoms with E-state index in [4.69, 9.17) is 11.6 Å². The van der Waals surface area contributed by atoms with Crippen LogP contribution in [0, 0.1) is 0 Å². The highest BCUT2D eigenvalue weighted by molar-refractivity contribution is 6.30. The van der Waals surface area contributed by atoms with Gasteiger partial charge in [0.05, 0.1) is 0 Å². The smallest absolute Gasteiger partial charge is 0.322 e. The topological polar surface area (TPSA) is 55.8 Å². The number of hydrogen-bond acceptors (Lipinski definition) is 3. The number of anilines is 1. The Labute approximate surface area is 165 Å². The molecule has 2 aromatic carbocycles. The summed E-state index contributed by atoms with van der Waals surface area (Å²) in [4.78, 5) is 17.2. The normalized spacial score (nSPS) is 17.0. The number of nitrogens with one attached hydrogen (secondary N) is 1. The van der Waals surface area contributed by atoms with Gasteiger partial charge < -0.3 is 15.3 Å². The summed E-state index contributed by atoms with van der Waals surface area (Å²) in [5.41, 5.74) is 1.66. The molecule has 5 nitrogen and oxygen atoms in total. The Morgan fingerprint density at radius 3 is 2.78 bits per heavy atom. The molecule has 1 fully saturated rings. The molecule has 1 aliphatic rings. The fourth-order valence-corrected chi connectivity index (χ4v) is 3.77. The summed E-state index contributed by atoms with van der Waals surface area (Å²) in [6.07, 6.45) is 2.27. The fraction of sp³-hybridized carbons (Fsp3) is 0.381. The zero-order valence-corrected chi connectivity index (χ0v) is 16.3. The first-order valence-electron chi connectivity index (χ1n) is 9.38. The first-order chi connectivity index (χ1) is 13.0. The van der Waals surface area contributed by atoms with Crippen molar-refractivity contribution in [1.29, 1.82) is 0 Å². The van der Waals surface area contributed by atoms with Gasteiger partial charge in [-0.3, -0.25) is 4.90 Å². The van der Waals surface area contributed by atoms with E-state index in [1.807, 2.05) is 29.2 Å². The fourth-order valence-electron chi connectivity index (χ4n) is 3.58. The van der Waals surface area contributed by atoms with E-state index in [9.17, 15) is 9.90 Å². The van der Waals surface area contributed by atoms with Gasteiger partial charge in [-0.2, -0.15) is 0 Å². The molecule has 0 spiro atoms. The predicted octanol–water partition coefficient (Wildman–Crippen LogP) is 4.56. The lowest BCUT2D eigenvalue weighted by molar-refractivity contribution is 0.175. The van der Waals surface area contributed by atoms with E-state index in [2.05, 4.69) is 17.1 Å². The molecule has 1 unspecified atom stereocenters. The molecule has 6 heteroatoms. The van der Waals surface area contributed by atoms with Crippen molar-refractivity contribution in [2.45, 2.75) is 32.4 Å². The molecular weight excluding hydrogens is 362 g/mol. The number of halogens is 1. The van der Waals surface area contributed by atoms with E-state index in [1.165, 1.54) is 6.42 Å². The summed E-state index contributed by atoms with van der Waals surface area (Å²) in [5, 5.41) is 13.0. The van der Waals surface area contributed by atoms with Crippen LogP contribution in [0.2, 0.25) is 5.02 Å². The second-order valence-electron chi connectivity index (χ2n) is 6.91. The largest absolute Gasteiger partial charge is 0.508 e. The standard InChI is InChI=1S/C21H26ClN3O2/c1-2-24-12-4-7-19(24)15-25(14-16-8-10-20(26)11-9-16)21(27)23-18-6-3-5-17(22)13-18/h3,5-6,8-11,13,19,26H,2,4,7,12,14-15H2,1H3,(H,23,27). The highest BCUT2D eigenvalue weighted by Gasteiger charge is 2.27. The summed E-state index contributed by atoms with van der Waals surface area (Å²) in [5.74, 6) is 0.224. The molecule has 0 aromatic heterocycles. The van der Waals surface area contributed by atoms with Crippen molar-refractivity contribution in [3.05, 3.63) is 59.1 Å². The van der Waals surface area contributed by atoms with Crippen molar-refractivity contribution in [1.82, 2.24) is 9.80 Å². The molecule has 0 bridgehead atoms. The molecule has 2 N–H and O–H groups in total. The number of urea groups is 1. The average Bonchev–Trinajstić information content (AvgIpc) is 3.10. The minimum Gasteiger partial charge on any atom is -0.508 e. The van der Waals surface area contributed by atoms with Crippen LogP contribution in [0.1, 0.15) is 25.3 Å². The number of nitrogens with zero attached hydrogens (tertiary/aromatic N) is 2. The number of rotatable bonds is 6. The van der Waals surface area contributed by atoms with Gasteiger partial charge in [0.15, 0.2) is 0 Å². The van der Waals surface area contributed by atoms with Crippen LogP contribution < -0.4 is 5.32 Å². The zero-order chi connectivity index (χ0) is 19.2. The van der Waals surface area contributed by atoms with Crippen molar-refractivity contribution in [2.24, 2.45) is 0 Å². The predicted molar refractivity (Wildman–Crippen MR) is 109 cm³/mol. The number of hydrogen-bond donors (Lipinski definition) is 2. The molecule has 1 aliphatic heterocycles. The molecule has 2 amide bonds. The van der Waals surface area contributed by atoms with Crippen LogP contribution in [0.4, 0.5) is 10.5 Å². The molecule has 3 rings (SSSR count). The van der Waals surface area contributed by atoms with Gasteiger partial charge in [-0.25, -0.2) is 4.79 Å². The van der Waals surface area contributed by atoms with Gasteiger partial charge in [0.25, 0.3) is 0 Å². The van der Waals surface area contributed by atoms with Crippen molar-refractivity contribution < 1.29 is 9.90 Å². The molecule has 1 heterocycles. The number of amides is 2. The average molecular weight is 388 g/mol. The molecule has 1 saturated heterocycles. The minimum atomic E-state index is -0.145. The number of benzene rings is 2. The van der Waals surface area contributed by atoms with Gasteiger partial charge in [0.1, 0.15) is 5.75 Å². The van der Waals surface area contributed by atoms with Gasteiger partial charge in [-0.1, -0.05) is 36.7 Å². The first kappa shape index (κ1) is 19.5. The second kappa shape index (κ2) is 9.11. The molecule has 2 aromatic rings. The van der Waals surface area contributed by atoms with Gasteiger partial charge >= 0.3 is 6.03 Å². The third-order valence-electron chi connectivity index (χ3n) is 5.01. The molecule has 144 valence electrons. The Bertz CT molecular complexity index is 766. The van der Waals surface area contributed by atoms with Crippen LogP contribution in [0.3, 0.4) is 0 Å².